The number of hydrogen-bond acceptors (Lipinski definition) is 7. The van der Waals surface area contributed by atoms with Crippen LogP contribution in [0.2, 0.25) is 0 Å². The van der Waals surface area contributed by atoms with Crippen LogP contribution >= 0.6 is 0 Å². The van der Waals surface area contributed by atoms with Crippen molar-refractivity contribution < 1.29 is 37.3 Å². The molecule has 0 saturated carbocycles. The SMILES string of the molecule is COc1cc(C=C2N=C(c3ccc(OC(F)F)c(OC)c3)OC2=O)cc(OC)c1. The first-order valence-corrected chi connectivity index (χ1v) is 8.32. The minimum atomic E-state index is -2.99. The molecule has 0 saturated heterocycles. The number of nitrogens with zero attached hydrogens (tertiary/aromatic N) is 1. The summed E-state index contributed by atoms with van der Waals surface area (Å²) < 4.78 is 50.0. The van der Waals surface area contributed by atoms with Crippen LogP contribution in [0.4, 0.5) is 8.78 Å². The molecular weight excluding hydrogens is 388 g/mol. The van der Waals surface area contributed by atoms with Gasteiger partial charge in [-0.15, -0.1) is 0 Å². The molecule has 9 heteroatoms. The van der Waals surface area contributed by atoms with Crippen LogP contribution in [-0.4, -0.2) is 39.8 Å². The van der Waals surface area contributed by atoms with Gasteiger partial charge in [-0.2, -0.15) is 8.78 Å². The van der Waals surface area contributed by atoms with Crippen LogP contribution in [-0.2, 0) is 9.53 Å². The van der Waals surface area contributed by atoms with E-state index in [4.69, 9.17) is 18.9 Å². The number of esters is 1. The van der Waals surface area contributed by atoms with Crippen LogP contribution in [0.3, 0.4) is 0 Å². The lowest BCUT2D eigenvalue weighted by Crippen LogP contribution is -2.07. The minimum absolute atomic E-state index is 0.0120. The van der Waals surface area contributed by atoms with Gasteiger partial charge < -0.3 is 23.7 Å². The Balaban J connectivity index is 1.93. The van der Waals surface area contributed by atoms with E-state index in [1.54, 1.807) is 18.2 Å². The van der Waals surface area contributed by atoms with Crippen molar-refractivity contribution in [3.05, 3.63) is 53.2 Å². The van der Waals surface area contributed by atoms with Crippen molar-refractivity contribution in [2.75, 3.05) is 21.3 Å². The maximum Gasteiger partial charge on any atom is 0.387 e. The number of halogens is 2. The molecule has 0 amide bonds. The third-order valence-corrected chi connectivity index (χ3v) is 3.92. The molecule has 1 aliphatic rings. The van der Waals surface area contributed by atoms with E-state index in [0.717, 1.165) is 0 Å². The molecule has 2 aromatic carbocycles. The Bertz CT molecular complexity index is 965. The number of cyclic esters (lactones) is 1. The number of aliphatic imine (C=N–C) groups is 1. The Morgan fingerprint density at radius 1 is 0.966 bits per heavy atom. The highest BCUT2D eigenvalue weighted by Crippen LogP contribution is 2.31. The first-order valence-electron chi connectivity index (χ1n) is 8.32. The predicted octanol–water partition coefficient (Wildman–Crippen LogP) is 3.66. The monoisotopic (exact) mass is 405 g/mol. The van der Waals surface area contributed by atoms with Crippen molar-refractivity contribution in [3.8, 4) is 23.0 Å². The van der Waals surface area contributed by atoms with E-state index in [2.05, 4.69) is 9.73 Å². The van der Waals surface area contributed by atoms with Crippen molar-refractivity contribution in [1.82, 2.24) is 0 Å². The van der Waals surface area contributed by atoms with Crippen LogP contribution in [0.25, 0.3) is 6.08 Å². The van der Waals surface area contributed by atoms with E-state index in [0.29, 0.717) is 22.6 Å². The average molecular weight is 405 g/mol. The summed E-state index contributed by atoms with van der Waals surface area (Å²) in [5.41, 5.74) is 1.04. The number of rotatable bonds is 7. The molecule has 2 aromatic rings. The van der Waals surface area contributed by atoms with E-state index in [9.17, 15) is 13.6 Å². The summed E-state index contributed by atoms with van der Waals surface area (Å²) in [6.07, 6.45) is 1.52. The van der Waals surface area contributed by atoms with Gasteiger partial charge in [0, 0.05) is 11.6 Å². The number of methoxy groups -OCH3 is 3. The van der Waals surface area contributed by atoms with Crippen LogP contribution in [0, 0.1) is 0 Å². The Morgan fingerprint density at radius 3 is 2.24 bits per heavy atom. The van der Waals surface area contributed by atoms with E-state index < -0.39 is 12.6 Å². The van der Waals surface area contributed by atoms with Gasteiger partial charge in [-0.25, -0.2) is 9.79 Å². The molecule has 0 aromatic heterocycles. The standard InChI is InChI=1S/C20H17F2NO6/c1-25-13-6-11(7-14(10-13)26-2)8-15-19(24)29-18(23-15)12-4-5-16(28-20(21)22)17(9-12)27-3/h4-10,20H,1-3H3. The van der Waals surface area contributed by atoms with Crippen molar-refractivity contribution >= 4 is 17.9 Å². The van der Waals surface area contributed by atoms with Gasteiger partial charge in [-0.1, -0.05) is 0 Å². The fraction of sp³-hybridized carbons (Fsp3) is 0.200. The van der Waals surface area contributed by atoms with E-state index in [-0.39, 0.29) is 23.1 Å². The molecule has 7 nitrogen and oxygen atoms in total. The Morgan fingerprint density at radius 2 is 1.66 bits per heavy atom. The summed E-state index contributed by atoms with van der Waals surface area (Å²) in [6.45, 7) is -2.99. The molecule has 29 heavy (non-hydrogen) atoms. The number of carbonyl (C=O) groups is 1. The van der Waals surface area contributed by atoms with Crippen molar-refractivity contribution in [3.63, 3.8) is 0 Å². The molecule has 0 fully saturated rings. The topological polar surface area (TPSA) is 75.6 Å². The summed E-state index contributed by atoms with van der Waals surface area (Å²) >= 11 is 0. The number of alkyl halides is 2. The highest BCUT2D eigenvalue weighted by Gasteiger charge is 2.25. The van der Waals surface area contributed by atoms with Crippen molar-refractivity contribution in [2.24, 2.45) is 4.99 Å². The normalized spacial score (nSPS) is 14.6. The van der Waals surface area contributed by atoms with Crippen molar-refractivity contribution in [1.29, 1.82) is 0 Å². The van der Waals surface area contributed by atoms with Crippen LogP contribution in [0.5, 0.6) is 23.0 Å². The third kappa shape index (κ3) is 4.63. The number of benzene rings is 2. The quantitative estimate of drug-likeness (QED) is 0.517. The Kier molecular flexibility index (Phi) is 5.96. The summed E-state index contributed by atoms with van der Waals surface area (Å²) in [7, 11) is 4.34. The fourth-order valence-corrected chi connectivity index (χ4v) is 2.60. The van der Waals surface area contributed by atoms with Crippen LogP contribution in [0.1, 0.15) is 11.1 Å². The smallest absolute Gasteiger partial charge is 0.387 e. The summed E-state index contributed by atoms with van der Waals surface area (Å²) in [4.78, 5) is 16.4. The number of carbonyl (C=O) groups excluding carboxylic acids is 1. The predicted molar refractivity (Wildman–Crippen MR) is 99.8 cm³/mol. The molecule has 0 bridgehead atoms. The van der Waals surface area contributed by atoms with E-state index in [1.807, 2.05) is 0 Å². The average Bonchev–Trinajstić information content (AvgIpc) is 3.07. The zero-order valence-corrected chi connectivity index (χ0v) is 15.8. The van der Waals surface area contributed by atoms with Gasteiger partial charge >= 0.3 is 12.6 Å². The molecule has 0 spiro atoms. The zero-order chi connectivity index (χ0) is 21.0. The van der Waals surface area contributed by atoms with Gasteiger partial charge in [-0.3, -0.25) is 0 Å². The first kappa shape index (κ1) is 20.1. The maximum absolute atomic E-state index is 12.5. The molecule has 0 N–H and O–H groups in total. The van der Waals surface area contributed by atoms with Gasteiger partial charge in [0.15, 0.2) is 17.2 Å². The first-order chi connectivity index (χ1) is 13.9. The summed E-state index contributed by atoms with van der Waals surface area (Å²) in [5, 5.41) is 0. The number of hydrogen-bond donors (Lipinski definition) is 0. The third-order valence-electron chi connectivity index (χ3n) is 3.92. The van der Waals surface area contributed by atoms with E-state index >= 15 is 0 Å². The molecule has 0 atom stereocenters. The summed E-state index contributed by atoms with van der Waals surface area (Å²) in [5.74, 6) is 0.357. The van der Waals surface area contributed by atoms with Crippen LogP contribution in [0.15, 0.2) is 47.1 Å². The van der Waals surface area contributed by atoms with Gasteiger partial charge in [0.2, 0.25) is 5.90 Å². The molecular formula is C20H17F2NO6. The van der Waals surface area contributed by atoms with Crippen LogP contribution < -0.4 is 18.9 Å². The Labute approximate surface area is 165 Å². The molecule has 0 radical (unpaired) electrons. The lowest BCUT2D eigenvalue weighted by molar-refractivity contribution is -0.129. The zero-order valence-electron chi connectivity index (χ0n) is 15.8. The van der Waals surface area contributed by atoms with E-state index in [1.165, 1.54) is 45.6 Å². The second-order valence-corrected chi connectivity index (χ2v) is 5.73. The second kappa shape index (κ2) is 8.59. The fourth-order valence-electron chi connectivity index (χ4n) is 2.60. The highest BCUT2D eigenvalue weighted by molar-refractivity contribution is 6.13. The molecule has 0 unspecified atom stereocenters. The summed E-state index contributed by atoms with van der Waals surface area (Å²) in [6, 6.07) is 9.21. The number of ether oxygens (including phenoxy) is 5. The van der Waals surface area contributed by atoms with Gasteiger partial charge in [-0.05, 0) is 42.0 Å². The lowest BCUT2D eigenvalue weighted by Gasteiger charge is -2.10. The molecule has 152 valence electrons. The maximum atomic E-state index is 12.5. The molecule has 1 heterocycles. The second-order valence-electron chi connectivity index (χ2n) is 5.73. The lowest BCUT2D eigenvalue weighted by atomic mass is 10.1. The van der Waals surface area contributed by atoms with Crippen molar-refractivity contribution in [2.45, 2.75) is 6.61 Å². The largest absolute Gasteiger partial charge is 0.497 e. The molecule has 3 rings (SSSR count). The molecule has 1 aliphatic heterocycles. The van der Waals surface area contributed by atoms with Gasteiger partial charge in [0.25, 0.3) is 0 Å². The molecule has 0 aliphatic carbocycles. The Hall–Kier alpha value is -3.62. The highest BCUT2D eigenvalue weighted by atomic mass is 19.3. The minimum Gasteiger partial charge on any atom is -0.497 e. The van der Waals surface area contributed by atoms with Gasteiger partial charge in [0.1, 0.15) is 11.5 Å². The van der Waals surface area contributed by atoms with Gasteiger partial charge in [0.05, 0.1) is 21.3 Å².